The standard InChI is InChI=1S/C33H41N3O5S/c1-26(2)23-34-18-9-19-36(32(37)22-27-10-5-4-6-11-27)31-13-8-7-12-28(31)24-35(21-20-34)33(38)25-42(39,40)30-16-14-29(41-3)15-17-30/h4-8,10-17,26H,9,18-25H2,1-3H3. The van der Waals surface area contributed by atoms with E-state index in [1.54, 1.807) is 17.0 Å². The molecule has 1 aliphatic heterocycles. The average Bonchev–Trinajstić information content (AvgIpc) is 3.00. The number of sulfone groups is 1. The summed E-state index contributed by atoms with van der Waals surface area (Å²) in [5.41, 5.74) is 2.51. The Hall–Kier alpha value is -3.69. The van der Waals surface area contributed by atoms with Crippen LogP contribution in [0.5, 0.6) is 5.75 Å². The summed E-state index contributed by atoms with van der Waals surface area (Å²) in [6.45, 7) is 7.68. The number of fused-ring (bicyclic) bond motifs is 1. The molecule has 8 nitrogen and oxygen atoms in total. The lowest BCUT2D eigenvalue weighted by molar-refractivity contribution is -0.129. The van der Waals surface area contributed by atoms with Gasteiger partial charge >= 0.3 is 0 Å². The van der Waals surface area contributed by atoms with Gasteiger partial charge in [-0.15, -0.1) is 0 Å². The van der Waals surface area contributed by atoms with Crippen molar-refractivity contribution in [2.24, 2.45) is 5.92 Å². The minimum atomic E-state index is -3.87. The average molecular weight is 592 g/mol. The van der Waals surface area contributed by atoms with Crippen molar-refractivity contribution in [2.45, 2.75) is 38.1 Å². The Bertz CT molecular complexity index is 1440. The maximum atomic E-state index is 13.7. The number of para-hydroxylation sites is 1. The third kappa shape index (κ3) is 8.42. The number of carbonyl (C=O) groups is 2. The number of hydrogen-bond acceptors (Lipinski definition) is 6. The second-order valence-corrected chi connectivity index (χ2v) is 13.1. The van der Waals surface area contributed by atoms with E-state index in [4.69, 9.17) is 4.74 Å². The summed E-state index contributed by atoms with van der Waals surface area (Å²) in [5.74, 6) is -0.152. The van der Waals surface area contributed by atoms with Crippen molar-refractivity contribution in [1.29, 1.82) is 0 Å². The first-order chi connectivity index (χ1) is 20.2. The molecule has 0 bridgehead atoms. The summed E-state index contributed by atoms with van der Waals surface area (Å²) < 4.78 is 31.6. The molecule has 0 fully saturated rings. The van der Waals surface area contributed by atoms with Gasteiger partial charge in [-0.2, -0.15) is 0 Å². The number of anilines is 1. The van der Waals surface area contributed by atoms with Gasteiger partial charge in [0.15, 0.2) is 9.84 Å². The van der Waals surface area contributed by atoms with E-state index >= 15 is 0 Å². The predicted octanol–water partition coefficient (Wildman–Crippen LogP) is 4.44. The van der Waals surface area contributed by atoms with Crippen LogP contribution in [0.4, 0.5) is 5.69 Å². The van der Waals surface area contributed by atoms with E-state index in [1.807, 2.05) is 59.5 Å². The molecule has 2 amide bonds. The van der Waals surface area contributed by atoms with Gasteiger partial charge in [-0.3, -0.25) is 9.59 Å². The normalized spacial score (nSPS) is 15.1. The summed E-state index contributed by atoms with van der Waals surface area (Å²) in [7, 11) is -2.36. The topological polar surface area (TPSA) is 87.2 Å². The van der Waals surface area contributed by atoms with Crippen LogP contribution in [0.3, 0.4) is 0 Å². The summed E-state index contributed by atoms with van der Waals surface area (Å²) in [5, 5.41) is 0. The van der Waals surface area contributed by atoms with Crippen LogP contribution >= 0.6 is 0 Å². The van der Waals surface area contributed by atoms with Crippen LogP contribution in [-0.2, 0) is 32.4 Å². The molecule has 4 rings (SSSR count). The third-order valence-corrected chi connectivity index (χ3v) is 9.01. The molecule has 0 atom stereocenters. The molecule has 1 aliphatic rings. The largest absolute Gasteiger partial charge is 0.497 e. The molecule has 0 saturated heterocycles. The van der Waals surface area contributed by atoms with Gasteiger partial charge in [-0.05, 0) is 60.3 Å². The van der Waals surface area contributed by atoms with E-state index in [9.17, 15) is 18.0 Å². The van der Waals surface area contributed by atoms with E-state index in [-0.39, 0.29) is 23.8 Å². The third-order valence-electron chi connectivity index (χ3n) is 7.39. The Kier molecular flexibility index (Phi) is 10.8. The molecule has 0 saturated carbocycles. The quantitative estimate of drug-likeness (QED) is 0.385. The predicted molar refractivity (Wildman–Crippen MR) is 165 cm³/mol. The van der Waals surface area contributed by atoms with E-state index < -0.39 is 21.5 Å². The van der Waals surface area contributed by atoms with Crippen molar-refractivity contribution in [2.75, 3.05) is 50.5 Å². The van der Waals surface area contributed by atoms with Crippen LogP contribution < -0.4 is 9.64 Å². The Morgan fingerprint density at radius 3 is 2.21 bits per heavy atom. The monoisotopic (exact) mass is 591 g/mol. The zero-order chi connectivity index (χ0) is 30.1. The second kappa shape index (κ2) is 14.5. The first-order valence-corrected chi connectivity index (χ1v) is 16.1. The lowest BCUT2D eigenvalue weighted by Crippen LogP contribution is -2.42. The SMILES string of the molecule is COc1ccc(S(=O)(=O)CC(=O)N2CCN(CC(C)C)CCCN(C(=O)Cc3ccccc3)c3ccccc3C2)cc1. The highest BCUT2D eigenvalue weighted by atomic mass is 32.2. The first kappa shape index (κ1) is 31.3. The van der Waals surface area contributed by atoms with E-state index in [2.05, 4.69) is 18.7 Å². The molecule has 224 valence electrons. The molecule has 42 heavy (non-hydrogen) atoms. The van der Waals surface area contributed by atoms with E-state index in [0.717, 1.165) is 36.3 Å². The fourth-order valence-electron chi connectivity index (χ4n) is 5.30. The Morgan fingerprint density at radius 2 is 1.52 bits per heavy atom. The molecular weight excluding hydrogens is 550 g/mol. The molecule has 9 heteroatoms. The highest BCUT2D eigenvalue weighted by Gasteiger charge is 2.27. The van der Waals surface area contributed by atoms with Crippen LogP contribution in [0.25, 0.3) is 0 Å². The maximum absolute atomic E-state index is 13.7. The van der Waals surface area contributed by atoms with Crippen LogP contribution in [-0.4, -0.2) is 75.6 Å². The molecule has 1 heterocycles. The highest BCUT2D eigenvalue weighted by Crippen LogP contribution is 2.25. The number of carbonyl (C=O) groups excluding carboxylic acids is 2. The second-order valence-electron chi connectivity index (χ2n) is 11.1. The number of rotatable bonds is 8. The van der Waals surface area contributed by atoms with Crippen molar-refractivity contribution in [1.82, 2.24) is 9.80 Å². The smallest absolute Gasteiger partial charge is 0.238 e. The van der Waals surface area contributed by atoms with Crippen molar-refractivity contribution in [3.8, 4) is 5.75 Å². The highest BCUT2D eigenvalue weighted by molar-refractivity contribution is 7.92. The zero-order valence-corrected chi connectivity index (χ0v) is 25.6. The van der Waals surface area contributed by atoms with Crippen LogP contribution in [0.1, 0.15) is 31.4 Å². The van der Waals surface area contributed by atoms with Gasteiger partial charge in [-0.1, -0.05) is 62.4 Å². The van der Waals surface area contributed by atoms with Gasteiger partial charge < -0.3 is 19.4 Å². The molecular formula is C33H41N3O5S. The molecule has 0 unspecified atom stereocenters. The zero-order valence-electron chi connectivity index (χ0n) is 24.7. The van der Waals surface area contributed by atoms with Gasteiger partial charge in [-0.25, -0.2) is 8.42 Å². The van der Waals surface area contributed by atoms with Crippen molar-refractivity contribution in [3.05, 3.63) is 90.0 Å². The summed E-state index contributed by atoms with van der Waals surface area (Å²) in [6, 6.07) is 23.4. The van der Waals surface area contributed by atoms with E-state index in [0.29, 0.717) is 31.3 Å². The first-order valence-electron chi connectivity index (χ1n) is 14.5. The number of amides is 2. The molecule has 3 aromatic rings. The Morgan fingerprint density at radius 1 is 0.833 bits per heavy atom. The number of methoxy groups -OCH3 is 1. The lowest BCUT2D eigenvalue weighted by Gasteiger charge is -2.29. The van der Waals surface area contributed by atoms with Crippen molar-refractivity contribution >= 4 is 27.3 Å². The van der Waals surface area contributed by atoms with Gasteiger partial charge in [0.1, 0.15) is 11.5 Å². The van der Waals surface area contributed by atoms with Gasteiger partial charge in [0.25, 0.3) is 0 Å². The molecule has 0 spiro atoms. The van der Waals surface area contributed by atoms with Gasteiger partial charge in [0, 0.05) is 38.4 Å². The number of hydrogen-bond donors (Lipinski definition) is 0. The number of ether oxygens (including phenoxy) is 1. The summed E-state index contributed by atoms with van der Waals surface area (Å²) in [6.07, 6.45) is 1.05. The number of benzene rings is 3. The summed E-state index contributed by atoms with van der Waals surface area (Å²) in [4.78, 5) is 33.2. The van der Waals surface area contributed by atoms with Crippen LogP contribution in [0, 0.1) is 5.92 Å². The van der Waals surface area contributed by atoms with Crippen molar-refractivity contribution in [3.63, 3.8) is 0 Å². The van der Waals surface area contributed by atoms with Gasteiger partial charge in [0.2, 0.25) is 11.8 Å². The van der Waals surface area contributed by atoms with Crippen LogP contribution in [0.2, 0.25) is 0 Å². The minimum absolute atomic E-state index is 0.0109. The minimum Gasteiger partial charge on any atom is -0.497 e. The fourth-order valence-corrected chi connectivity index (χ4v) is 6.52. The molecule has 0 N–H and O–H groups in total. The number of nitrogens with zero attached hydrogens (tertiary/aromatic N) is 3. The van der Waals surface area contributed by atoms with E-state index in [1.165, 1.54) is 19.2 Å². The van der Waals surface area contributed by atoms with Gasteiger partial charge in [0.05, 0.1) is 18.4 Å². The lowest BCUT2D eigenvalue weighted by atomic mass is 10.1. The van der Waals surface area contributed by atoms with Crippen LogP contribution in [0.15, 0.2) is 83.8 Å². The maximum Gasteiger partial charge on any atom is 0.238 e. The summed E-state index contributed by atoms with van der Waals surface area (Å²) >= 11 is 0. The Labute approximate surface area is 249 Å². The molecule has 0 aliphatic carbocycles. The fraction of sp³-hybridized carbons (Fsp3) is 0.394. The molecule has 3 aromatic carbocycles. The molecule has 0 aromatic heterocycles. The molecule has 0 radical (unpaired) electrons. The Balaban J connectivity index is 1.64. The van der Waals surface area contributed by atoms with Crippen molar-refractivity contribution < 1.29 is 22.7 Å².